The lowest BCUT2D eigenvalue weighted by Gasteiger charge is -2.17. The zero-order valence-corrected chi connectivity index (χ0v) is 12.4. The van der Waals surface area contributed by atoms with E-state index in [4.69, 9.17) is 10.8 Å². The van der Waals surface area contributed by atoms with Crippen molar-refractivity contribution in [3.63, 3.8) is 0 Å². The molecule has 108 valence electrons. The van der Waals surface area contributed by atoms with Gasteiger partial charge in [-0.25, -0.2) is 9.59 Å². The van der Waals surface area contributed by atoms with Crippen LogP contribution in [0.4, 0.5) is 10.5 Å². The van der Waals surface area contributed by atoms with Gasteiger partial charge in [0.05, 0.1) is 5.56 Å². The number of carbonyl (C=O) groups excluding carboxylic acids is 1. The average Bonchev–Trinajstić information content (AvgIpc) is 2.89. The smallest absolute Gasteiger partial charge is 0.336 e. The van der Waals surface area contributed by atoms with Crippen LogP contribution in [0.2, 0.25) is 0 Å². The third-order valence-electron chi connectivity index (χ3n) is 3.35. The minimum atomic E-state index is -1.04. The Labute approximate surface area is 125 Å². The molecule has 0 aromatic heterocycles. The van der Waals surface area contributed by atoms with Gasteiger partial charge in [0.15, 0.2) is 0 Å². The number of rotatable bonds is 3. The first-order valence-electron chi connectivity index (χ1n) is 6.30. The Balaban J connectivity index is 2.05. The third-order valence-corrected chi connectivity index (χ3v) is 4.05. The number of carbonyl (C=O) groups is 2. The fourth-order valence-electron chi connectivity index (χ4n) is 2.18. The number of hydrogen-bond donors (Lipinski definition) is 3. The molecule has 2 rings (SSSR count). The van der Waals surface area contributed by atoms with Crippen LogP contribution in [0, 0.1) is 5.92 Å². The largest absolute Gasteiger partial charge is 0.478 e. The lowest BCUT2D eigenvalue weighted by atomic mass is 10.1. The Kier molecular flexibility index (Phi) is 4.61. The summed E-state index contributed by atoms with van der Waals surface area (Å²) in [5.74, 6) is -0.697. The number of hydrogen-bond acceptors (Lipinski definition) is 3. The molecule has 1 heterocycles. The summed E-state index contributed by atoms with van der Waals surface area (Å²) < 4.78 is 0.479. The Morgan fingerprint density at radius 3 is 2.85 bits per heavy atom. The molecule has 0 radical (unpaired) electrons. The number of nitrogens with zero attached hydrogens (tertiary/aromatic N) is 1. The first-order valence-corrected chi connectivity index (χ1v) is 7.09. The molecule has 1 aromatic carbocycles. The minimum Gasteiger partial charge on any atom is -0.478 e. The van der Waals surface area contributed by atoms with Crippen LogP contribution in [-0.4, -0.2) is 41.6 Å². The molecular weight excluding hydrogens is 326 g/mol. The second kappa shape index (κ2) is 6.23. The molecule has 1 aliphatic heterocycles. The van der Waals surface area contributed by atoms with E-state index in [1.54, 1.807) is 17.0 Å². The molecule has 1 fully saturated rings. The topological polar surface area (TPSA) is 95.7 Å². The number of carboxylic acid groups (broad SMARTS) is 1. The molecule has 0 aliphatic carbocycles. The SMILES string of the molecule is NCC1CCN(C(=O)Nc2ccc(Br)c(C(=O)O)c2)C1. The minimum absolute atomic E-state index is 0.115. The second-order valence-electron chi connectivity index (χ2n) is 4.77. The van der Waals surface area contributed by atoms with Crippen molar-refractivity contribution in [2.45, 2.75) is 6.42 Å². The lowest BCUT2D eigenvalue weighted by molar-refractivity contribution is 0.0696. The molecule has 20 heavy (non-hydrogen) atoms. The molecule has 6 nitrogen and oxygen atoms in total. The van der Waals surface area contributed by atoms with Crippen molar-refractivity contribution in [2.75, 3.05) is 25.0 Å². The molecule has 1 saturated heterocycles. The van der Waals surface area contributed by atoms with Gasteiger partial charge in [-0.1, -0.05) is 0 Å². The summed E-state index contributed by atoms with van der Waals surface area (Å²) in [5.41, 5.74) is 6.17. The number of amides is 2. The van der Waals surface area contributed by atoms with E-state index in [2.05, 4.69) is 21.2 Å². The number of likely N-dealkylation sites (tertiary alicyclic amines) is 1. The van der Waals surface area contributed by atoms with Crippen molar-refractivity contribution in [1.82, 2.24) is 4.90 Å². The zero-order chi connectivity index (χ0) is 14.7. The summed E-state index contributed by atoms with van der Waals surface area (Å²) in [7, 11) is 0. The van der Waals surface area contributed by atoms with E-state index < -0.39 is 5.97 Å². The number of anilines is 1. The van der Waals surface area contributed by atoms with Crippen LogP contribution >= 0.6 is 15.9 Å². The maximum absolute atomic E-state index is 12.1. The molecule has 7 heteroatoms. The molecule has 2 amide bonds. The second-order valence-corrected chi connectivity index (χ2v) is 5.62. The quantitative estimate of drug-likeness (QED) is 0.782. The number of nitrogens with one attached hydrogen (secondary N) is 1. The molecular formula is C13H16BrN3O3. The molecule has 1 aliphatic rings. The summed E-state index contributed by atoms with van der Waals surface area (Å²) >= 11 is 3.16. The highest BCUT2D eigenvalue weighted by Gasteiger charge is 2.25. The lowest BCUT2D eigenvalue weighted by Crippen LogP contribution is -2.33. The predicted molar refractivity (Wildman–Crippen MR) is 78.9 cm³/mol. The first-order chi connectivity index (χ1) is 9.51. The van der Waals surface area contributed by atoms with Gasteiger partial charge in [0.1, 0.15) is 0 Å². The van der Waals surface area contributed by atoms with Gasteiger partial charge in [0.25, 0.3) is 0 Å². The van der Waals surface area contributed by atoms with Crippen LogP contribution in [-0.2, 0) is 0 Å². The monoisotopic (exact) mass is 341 g/mol. The third kappa shape index (κ3) is 3.29. The fraction of sp³-hybridized carbons (Fsp3) is 0.385. The molecule has 4 N–H and O–H groups in total. The van der Waals surface area contributed by atoms with Crippen LogP contribution < -0.4 is 11.1 Å². The first kappa shape index (κ1) is 14.8. The van der Waals surface area contributed by atoms with Gasteiger partial charge in [0.2, 0.25) is 0 Å². The fourth-order valence-corrected chi connectivity index (χ4v) is 2.60. The van der Waals surface area contributed by atoms with Gasteiger partial charge in [-0.2, -0.15) is 0 Å². The van der Waals surface area contributed by atoms with E-state index in [-0.39, 0.29) is 11.6 Å². The highest BCUT2D eigenvalue weighted by atomic mass is 79.9. The van der Waals surface area contributed by atoms with E-state index in [1.807, 2.05) is 0 Å². The van der Waals surface area contributed by atoms with Gasteiger partial charge in [-0.3, -0.25) is 0 Å². The summed E-state index contributed by atoms with van der Waals surface area (Å²) in [6.07, 6.45) is 0.907. The van der Waals surface area contributed by atoms with Crippen molar-refractivity contribution in [2.24, 2.45) is 11.7 Å². The number of carboxylic acids is 1. The number of aromatic carboxylic acids is 1. The normalized spacial score (nSPS) is 18.1. The molecule has 1 unspecified atom stereocenters. The number of benzene rings is 1. The van der Waals surface area contributed by atoms with Crippen molar-refractivity contribution >= 4 is 33.6 Å². The highest BCUT2D eigenvalue weighted by Crippen LogP contribution is 2.22. The summed E-state index contributed by atoms with van der Waals surface area (Å²) in [4.78, 5) is 24.8. The van der Waals surface area contributed by atoms with Gasteiger partial charge in [-0.05, 0) is 53.0 Å². The van der Waals surface area contributed by atoms with Crippen LogP contribution in [0.1, 0.15) is 16.8 Å². The van der Waals surface area contributed by atoms with Gasteiger partial charge in [0, 0.05) is 23.2 Å². The Bertz CT molecular complexity index is 536. The zero-order valence-electron chi connectivity index (χ0n) is 10.8. The predicted octanol–water partition coefficient (Wildman–Crippen LogP) is 1.96. The van der Waals surface area contributed by atoms with Crippen LogP contribution in [0.5, 0.6) is 0 Å². The maximum atomic E-state index is 12.1. The van der Waals surface area contributed by atoms with E-state index in [9.17, 15) is 9.59 Å². The Morgan fingerprint density at radius 2 is 2.25 bits per heavy atom. The van der Waals surface area contributed by atoms with Crippen molar-refractivity contribution in [1.29, 1.82) is 0 Å². The molecule has 0 spiro atoms. The summed E-state index contributed by atoms with van der Waals surface area (Å²) in [6.45, 7) is 1.89. The van der Waals surface area contributed by atoms with E-state index >= 15 is 0 Å². The number of urea groups is 1. The number of halogens is 1. The molecule has 0 bridgehead atoms. The standard InChI is InChI=1S/C13H16BrN3O3/c14-11-2-1-9(5-10(11)12(18)19)16-13(20)17-4-3-8(6-15)7-17/h1-2,5,8H,3-4,6-7,15H2,(H,16,20)(H,18,19). The van der Waals surface area contributed by atoms with Gasteiger partial charge >= 0.3 is 12.0 Å². The number of nitrogens with two attached hydrogens (primary N) is 1. The highest BCUT2D eigenvalue weighted by molar-refractivity contribution is 9.10. The summed E-state index contributed by atoms with van der Waals surface area (Å²) in [6, 6.07) is 4.47. The molecule has 0 saturated carbocycles. The molecule has 1 atom stereocenters. The molecule has 1 aromatic rings. The van der Waals surface area contributed by atoms with Gasteiger partial charge < -0.3 is 21.1 Å². The Hall–Kier alpha value is -1.60. The summed E-state index contributed by atoms with van der Waals surface area (Å²) in [5, 5.41) is 11.7. The van der Waals surface area contributed by atoms with Crippen LogP contribution in [0.3, 0.4) is 0 Å². The van der Waals surface area contributed by atoms with Crippen LogP contribution in [0.25, 0.3) is 0 Å². The van der Waals surface area contributed by atoms with Crippen molar-refractivity contribution < 1.29 is 14.7 Å². The average molecular weight is 342 g/mol. The maximum Gasteiger partial charge on any atom is 0.336 e. The van der Waals surface area contributed by atoms with E-state index in [0.29, 0.717) is 35.7 Å². The van der Waals surface area contributed by atoms with Crippen LogP contribution in [0.15, 0.2) is 22.7 Å². The van der Waals surface area contributed by atoms with Crippen molar-refractivity contribution in [3.05, 3.63) is 28.2 Å². The Morgan fingerprint density at radius 1 is 1.50 bits per heavy atom. The van der Waals surface area contributed by atoms with Crippen molar-refractivity contribution in [3.8, 4) is 0 Å². The van der Waals surface area contributed by atoms with E-state index in [0.717, 1.165) is 6.42 Å². The van der Waals surface area contributed by atoms with Gasteiger partial charge in [-0.15, -0.1) is 0 Å². The van der Waals surface area contributed by atoms with E-state index in [1.165, 1.54) is 6.07 Å².